The maximum absolute atomic E-state index is 10.3. The SMILES string of the molecule is CC(=O)CO/C(C)=C\Cl. The number of ether oxygens (including phenoxy) is 1. The molecule has 0 aliphatic rings. The van der Waals surface area contributed by atoms with Gasteiger partial charge in [0, 0.05) is 5.54 Å². The minimum Gasteiger partial charge on any atom is -0.490 e. The summed E-state index contributed by atoms with van der Waals surface area (Å²) < 4.78 is 4.83. The molecule has 0 N–H and O–H groups in total. The van der Waals surface area contributed by atoms with Crippen molar-refractivity contribution in [1.29, 1.82) is 0 Å². The van der Waals surface area contributed by atoms with Crippen LogP contribution < -0.4 is 0 Å². The van der Waals surface area contributed by atoms with Crippen molar-refractivity contribution in [3.05, 3.63) is 11.3 Å². The van der Waals surface area contributed by atoms with E-state index in [1.807, 2.05) is 0 Å². The lowest BCUT2D eigenvalue weighted by atomic mass is 10.5. The normalized spacial score (nSPS) is 11.2. The van der Waals surface area contributed by atoms with E-state index in [1.54, 1.807) is 6.92 Å². The Balaban J connectivity index is 3.39. The van der Waals surface area contributed by atoms with E-state index in [9.17, 15) is 4.79 Å². The number of Topliss-reactive ketones (excluding diaryl/α,β-unsaturated/α-hetero) is 1. The van der Waals surface area contributed by atoms with E-state index in [0.717, 1.165) is 0 Å². The highest BCUT2D eigenvalue weighted by atomic mass is 35.5. The maximum Gasteiger partial charge on any atom is 0.167 e. The fraction of sp³-hybridized carbons (Fsp3) is 0.500. The van der Waals surface area contributed by atoms with Crippen molar-refractivity contribution in [1.82, 2.24) is 0 Å². The van der Waals surface area contributed by atoms with Gasteiger partial charge in [-0.1, -0.05) is 11.6 Å². The summed E-state index contributed by atoms with van der Waals surface area (Å²) in [6.45, 7) is 3.26. The van der Waals surface area contributed by atoms with E-state index in [0.29, 0.717) is 5.76 Å². The van der Waals surface area contributed by atoms with Gasteiger partial charge in [-0.25, -0.2) is 0 Å². The predicted molar refractivity (Wildman–Crippen MR) is 36.2 cm³/mol. The van der Waals surface area contributed by atoms with Crippen LogP contribution in [0.3, 0.4) is 0 Å². The second-order valence-corrected chi connectivity index (χ2v) is 1.93. The van der Waals surface area contributed by atoms with Crippen molar-refractivity contribution >= 4 is 17.4 Å². The topological polar surface area (TPSA) is 26.3 Å². The third kappa shape index (κ3) is 5.37. The van der Waals surface area contributed by atoms with Gasteiger partial charge in [-0.15, -0.1) is 0 Å². The van der Waals surface area contributed by atoms with Crippen LogP contribution in [0.1, 0.15) is 13.8 Å². The molecule has 0 saturated heterocycles. The molecule has 0 amide bonds. The lowest BCUT2D eigenvalue weighted by molar-refractivity contribution is -0.120. The first-order valence-electron chi connectivity index (χ1n) is 2.56. The van der Waals surface area contributed by atoms with Crippen LogP contribution in [0.5, 0.6) is 0 Å². The summed E-state index contributed by atoms with van der Waals surface area (Å²) in [6.07, 6.45) is 0. The number of halogens is 1. The Hall–Kier alpha value is -0.500. The van der Waals surface area contributed by atoms with Gasteiger partial charge in [0.1, 0.15) is 12.4 Å². The monoisotopic (exact) mass is 148 g/mol. The van der Waals surface area contributed by atoms with Crippen molar-refractivity contribution in [2.24, 2.45) is 0 Å². The maximum atomic E-state index is 10.3. The first-order chi connectivity index (χ1) is 4.16. The zero-order chi connectivity index (χ0) is 7.28. The summed E-state index contributed by atoms with van der Waals surface area (Å²) in [5, 5.41) is 0. The van der Waals surface area contributed by atoms with Gasteiger partial charge >= 0.3 is 0 Å². The van der Waals surface area contributed by atoms with E-state index in [-0.39, 0.29) is 12.4 Å². The molecule has 0 aromatic carbocycles. The molecule has 52 valence electrons. The zero-order valence-electron chi connectivity index (χ0n) is 5.48. The molecule has 0 unspecified atom stereocenters. The van der Waals surface area contributed by atoms with Gasteiger partial charge in [0.05, 0.1) is 0 Å². The highest BCUT2D eigenvalue weighted by Gasteiger charge is 1.92. The average Bonchev–Trinajstić information content (AvgIpc) is 1.83. The summed E-state index contributed by atoms with van der Waals surface area (Å²) in [4.78, 5) is 10.3. The van der Waals surface area contributed by atoms with Gasteiger partial charge in [-0.3, -0.25) is 4.79 Å². The average molecular weight is 149 g/mol. The number of hydrogen-bond donors (Lipinski definition) is 0. The molecule has 0 aliphatic heterocycles. The molecule has 0 bridgehead atoms. The molecular weight excluding hydrogens is 140 g/mol. The zero-order valence-corrected chi connectivity index (χ0v) is 6.23. The molecule has 0 heterocycles. The van der Waals surface area contributed by atoms with Crippen molar-refractivity contribution in [3.8, 4) is 0 Å². The fourth-order valence-corrected chi connectivity index (χ4v) is 0.310. The molecule has 0 rings (SSSR count). The van der Waals surface area contributed by atoms with Crippen LogP contribution in [-0.2, 0) is 9.53 Å². The van der Waals surface area contributed by atoms with E-state index in [4.69, 9.17) is 16.3 Å². The molecule has 2 nitrogen and oxygen atoms in total. The number of rotatable bonds is 3. The van der Waals surface area contributed by atoms with Crippen molar-refractivity contribution in [3.63, 3.8) is 0 Å². The minimum absolute atomic E-state index is 0.00660. The number of allylic oxidation sites excluding steroid dienone is 1. The predicted octanol–water partition coefficient (Wildman–Crippen LogP) is 1.69. The Morgan fingerprint density at radius 2 is 2.22 bits per heavy atom. The first kappa shape index (κ1) is 8.50. The van der Waals surface area contributed by atoms with Gasteiger partial charge in [0.2, 0.25) is 0 Å². The second-order valence-electron chi connectivity index (χ2n) is 1.71. The number of carbonyl (C=O) groups is 1. The third-order valence-electron chi connectivity index (χ3n) is 0.657. The van der Waals surface area contributed by atoms with Crippen LogP contribution in [-0.4, -0.2) is 12.4 Å². The third-order valence-corrected chi connectivity index (χ3v) is 0.964. The molecule has 0 atom stereocenters. The lowest BCUT2D eigenvalue weighted by Gasteiger charge is -1.99. The standard InChI is InChI=1S/C6H9ClO2/c1-5(8)4-9-6(2)3-7/h3H,4H2,1-2H3/b6-3-. The van der Waals surface area contributed by atoms with Crippen LogP contribution in [0, 0.1) is 0 Å². The smallest absolute Gasteiger partial charge is 0.167 e. The van der Waals surface area contributed by atoms with E-state index < -0.39 is 0 Å². The van der Waals surface area contributed by atoms with Crippen LogP contribution in [0.4, 0.5) is 0 Å². The number of hydrogen-bond acceptors (Lipinski definition) is 2. The van der Waals surface area contributed by atoms with Crippen LogP contribution in [0.15, 0.2) is 11.3 Å². The van der Waals surface area contributed by atoms with Crippen LogP contribution in [0.25, 0.3) is 0 Å². The van der Waals surface area contributed by atoms with Gasteiger partial charge in [-0.05, 0) is 13.8 Å². The lowest BCUT2D eigenvalue weighted by Crippen LogP contribution is -2.01. The van der Waals surface area contributed by atoms with E-state index >= 15 is 0 Å². The van der Waals surface area contributed by atoms with Crippen molar-refractivity contribution in [2.75, 3.05) is 6.61 Å². The fourth-order valence-electron chi connectivity index (χ4n) is 0.247. The highest BCUT2D eigenvalue weighted by molar-refractivity contribution is 6.25. The van der Waals surface area contributed by atoms with Gasteiger partial charge in [0.15, 0.2) is 5.78 Å². The summed E-state index contributed by atoms with van der Waals surface area (Å²) in [6, 6.07) is 0. The molecule has 0 radical (unpaired) electrons. The molecule has 3 heteroatoms. The summed E-state index contributed by atoms with van der Waals surface area (Å²) in [5.41, 5.74) is 1.29. The molecule has 0 spiro atoms. The summed E-state index contributed by atoms with van der Waals surface area (Å²) >= 11 is 5.24. The number of carbonyl (C=O) groups excluding carboxylic acids is 1. The van der Waals surface area contributed by atoms with Crippen LogP contribution >= 0.6 is 11.6 Å². The molecule has 9 heavy (non-hydrogen) atoms. The Bertz CT molecular complexity index is 129. The second kappa shape index (κ2) is 4.39. The molecule has 0 aromatic rings. The van der Waals surface area contributed by atoms with Gasteiger partial charge in [-0.2, -0.15) is 0 Å². The van der Waals surface area contributed by atoms with Gasteiger partial charge < -0.3 is 4.74 Å². The Kier molecular flexibility index (Phi) is 4.14. The number of ketones is 1. The van der Waals surface area contributed by atoms with Crippen LogP contribution in [0.2, 0.25) is 0 Å². The molecule has 0 aromatic heterocycles. The highest BCUT2D eigenvalue weighted by Crippen LogP contribution is 1.96. The Labute approximate surface area is 59.5 Å². The van der Waals surface area contributed by atoms with Crippen molar-refractivity contribution < 1.29 is 9.53 Å². The summed E-state index contributed by atoms with van der Waals surface area (Å²) in [7, 11) is 0. The first-order valence-corrected chi connectivity index (χ1v) is 2.99. The van der Waals surface area contributed by atoms with Crippen molar-refractivity contribution in [2.45, 2.75) is 13.8 Å². The Morgan fingerprint density at radius 3 is 2.56 bits per heavy atom. The minimum atomic E-state index is -0.00660. The molecule has 0 fully saturated rings. The quantitative estimate of drug-likeness (QED) is 0.570. The molecular formula is C6H9ClO2. The molecule has 0 aliphatic carbocycles. The van der Waals surface area contributed by atoms with E-state index in [2.05, 4.69) is 0 Å². The van der Waals surface area contributed by atoms with Gasteiger partial charge in [0.25, 0.3) is 0 Å². The molecule has 0 saturated carbocycles. The Morgan fingerprint density at radius 1 is 1.67 bits per heavy atom. The largest absolute Gasteiger partial charge is 0.490 e. The summed E-state index contributed by atoms with van der Waals surface area (Å²) in [5.74, 6) is 0.555. The van der Waals surface area contributed by atoms with E-state index in [1.165, 1.54) is 12.5 Å².